The molecule has 0 aliphatic rings. The van der Waals surface area contributed by atoms with E-state index in [1.807, 2.05) is 61.5 Å². The van der Waals surface area contributed by atoms with Crippen LogP contribution in [0.2, 0.25) is 0 Å². The number of ether oxygens (including phenoxy) is 1. The first kappa shape index (κ1) is 14.1. The largest absolute Gasteiger partial charge is 0.462 e. The van der Waals surface area contributed by atoms with Gasteiger partial charge in [-0.1, -0.05) is 60.2 Å². The van der Waals surface area contributed by atoms with Gasteiger partial charge in [-0.25, -0.2) is 4.79 Å². The van der Waals surface area contributed by atoms with Crippen molar-refractivity contribution < 1.29 is 9.53 Å². The summed E-state index contributed by atoms with van der Waals surface area (Å²) in [6.07, 6.45) is 3.98. The molecule has 0 amide bonds. The van der Waals surface area contributed by atoms with Crippen molar-refractivity contribution in [1.82, 2.24) is 0 Å². The Morgan fingerprint density at radius 2 is 1.75 bits per heavy atom. The van der Waals surface area contributed by atoms with Crippen LogP contribution in [0.3, 0.4) is 0 Å². The zero-order valence-corrected chi connectivity index (χ0v) is 11.6. The minimum Gasteiger partial charge on any atom is -0.462 e. The molecule has 20 heavy (non-hydrogen) atoms. The van der Waals surface area contributed by atoms with Crippen molar-refractivity contribution in [3.63, 3.8) is 0 Å². The van der Waals surface area contributed by atoms with E-state index in [1.54, 1.807) is 6.08 Å². The highest BCUT2D eigenvalue weighted by Crippen LogP contribution is 2.05. The molecule has 0 saturated heterocycles. The van der Waals surface area contributed by atoms with Crippen LogP contribution in [0.5, 0.6) is 0 Å². The third kappa shape index (κ3) is 4.73. The molecule has 0 unspecified atom stereocenters. The first-order chi connectivity index (χ1) is 9.74. The molecule has 0 aromatic heterocycles. The van der Waals surface area contributed by atoms with Gasteiger partial charge in [0.2, 0.25) is 0 Å². The predicted octanol–water partition coefficient (Wildman–Crippen LogP) is 3.79. The molecule has 0 aliphatic carbocycles. The summed E-state index contributed by atoms with van der Waals surface area (Å²) in [5.41, 5.74) is 3.37. The van der Waals surface area contributed by atoms with Crippen LogP contribution in [0, 0.1) is 6.92 Å². The molecule has 2 rings (SSSR count). The lowest BCUT2D eigenvalue weighted by atomic mass is 10.1. The number of hydrogen-bond donors (Lipinski definition) is 0. The van der Waals surface area contributed by atoms with Crippen LogP contribution in [-0.4, -0.2) is 12.6 Å². The number of benzene rings is 2. The average Bonchev–Trinajstić information content (AvgIpc) is 2.48. The number of aryl methyl sites for hydroxylation is 1. The Morgan fingerprint density at radius 1 is 1.05 bits per heavy atom. The van der Waals surface area contributed by atoms with Crippen LogP contribution >= 0.6 is 0 Å². The maximum Gasteiger partial charge on any atom is 0.330 e. The van der Waals surface area contributed by atoms with Crippen molar-refractivity contribution in [2.75, 3.05) is 6.61 Å². The molecule has 0 bridgehead atoms. The number of carbonyl (C=O) groups is 1. The zero-order valence-electron chi connectivity index (χ0n) is 11.6. The average molecular weight is 266 g/mol. The van der Waals surface area contributed by atoms with E-state index < -0.39 is 0 Å². The van der Waals surface area contributed by atoms with Crippen molar-refractivity contribution >= 4 is 12.0 Å². The molecule has 2 aromatic carbocycles. The van der Waals surface area contributed by atoms with Gasteiger partial charge in [0, 0.05) is 12.5 Å². The fourth-order valence-corrected chi connectivity index (χ4v) is 1.80. The lowest BCUT2D eigenvalue weighted by Gasteiger charge is -2.02. The van der Waals surface area contributed by atoms with Gasteiger partial charge in [0.05, 0.1) is 6.61 Å². The molecule has 2 nitrogen and oxygen atoms in total. The Labute approximate surface area is 119 Å². The summed E-state index contributed by atoms with van der Waals surface area (Å²) in [6, 6.07) is 18.0. The van der Waals surface area contributed by atoms with E-state index in [0.717, 1.165) is 12.0 Å². The molecule has 0 fully saturated rings. The molecule has 0 N–H and O–H groups in total. The number of hydrogen-bond acceptors (Lipinski definition) is 2. The summed E-state index contributed by atoms with van der Waals surface area (Å²) in [7, 11) is 0. The maximum absolute atomic E-state index is 11.6. The van der Waals surface area contributed by atoms with Crippen molar-refractivity contribution in [3.8, 4) is 0 Å². The minimum atomic E-state index is -0.304. The van der Waals surface area contributed by atoms with E-state index in [0.29, 0.717) is 6.61 Å². The second-order valence-electron chi connectivity index (χ2n) is 4.65. The second kappa shape index (κ2) is 7.29. The van der Waals surface area contributed by atoms with E-state index in [4.69, 9.17) is 4.74 Å². The molecule has 0 heterocycles. The molecule has 0 spiro atoms. The fraction of sp³-hybridized carbons (Fsp3) is 0.167. The maximum atomic E-state index is 11.6. The Hall–Kier alpha value is -2.35. The van der Waals surface area contributed by atoms with Crippen molar-refractivity contribution in [2.45, 2.75) is 13.3 Å². The summed E-state index contributed by atoms with van der Waals surface area (Å²) < 4.78 is 5.17. The lowest BCUT2D eigenvalue weighted by Crippen LogP contribution is -2.04. The molecule has 2 heteroatoms. The van der Waals surface area contributed by atoms with Crippen molar-refractivity contribution in [2.24, 2.45) is 0 Å². The molecule has 0 saturated carbocycles. The molecular weight excluding hydrogens is 248 g/mol. The summed E-state index contributed by atoms with van der Waals surface area (Å²) in [6.45, 7) is 2.44. The Balaban J connectivity index is 1.76. The molecule has 2 aromatic rings. The third-order valence-corrected chi connectivity index (χ3v) is 2.97. The van der Waals surface area contributed by atoms with Gasteiger partial charge in [-0.2, -0.15) is 0 Å². The standard InChI is InChI=1S/C18H18O2/c1-15-7-9-17(10-8-15)11-12-18(19)20-14-13-16-5-3-2-4-6-16/h2-12H,13-14H2,1H3/b12-11+. The molecule has 102 valence electrons. The summed E-state index contributed by atoms with van der Waals surface area (Å²) in [5, 5.41) is 0. The fourth-order valence-electron chi connectivity index (χ4n) is 1.80. The van der Waals surface area contributed by atoms with Crippen LogP contribution < -0.4 is 0 Å². The third-order valence-electron chi connectivity index (χ3n) is 2.97. The van der Waals surface area contributed by atoms with Gasteiger partial charge >= 0.3 is 5.97 Å². The van der Waals surface area contributed by atoms with E-state index in [2.05, 4.69) is 0 Å². The highest BCUT2D eigenvalue weighted by atomic mass is 16.5. The van der Waals surface area contributed by atoms with Crippen LogP contribution in [0.1, 0.15) is 16.7 Å². The highest BCUT2D eigenvalue weighted by molar-refractivity contribution is 5.87. The van der Waals surface area contributed by atoms with Gasteiger partial charge in [0.15, 0.2) is 0 Å². The van der Waals surface area contributed by atoms with E-state index in [-0.39, 0.29) is 5.97 Å². The number of rotatable bonds is 5. The van der Waals surface area contributed by atoms with Gasteiger partial charge in [0.25, 0.3) is 0 Å². The van der Waals surface area contributed by atoms with Crippen LogP contribution in [0.15, 0.2) is 60.7 Å². The topological polar surface area (TPSA) is 26.3 Å². The lowest BCUT2D eigenvalue weighted by molar-refractivity contribution is -0.137. The first-order valence-corrected chi connectivity index (χ1v) is 6.69. The van der Waals surface area contributed by atoms with Crippen LogP contribution in [-0.2, 0) is 16.0 Å². The molecule has 0 aliphatic heterocycles. The number of esters is 1. The van der Waals surface area contributed by atoms with Gasteiger partial charge in [0.1, 0.15) is 0 Å². The van der Waals surface area contributed by atoms with E-state index in [9.17, 15) is 4.79 Å². The van der Waals surface area contributed by atoms with Gasteiger partial charge in [-0.15, -0.1) is 0 Å². The number of carbonyl (C=O) groups excluding carboxylic acids is 1. The predicted molar refractivity (Wildman–Crippen MR) is 81.3 cm³/mol. The quantitative estimate of drug-likeness (QED) is 0.608. The Morgan fingerprint density at radius 3 is 2.45 bits per heavy atom. The second-order valence-corrected chi connectivity index (χ2v) is 4.65. The van der Waals surface area contributed by atoms with E-state index in [1.165, 1.54) is 17.2 Å². The van der Waals surface area contributed by atoms with Gasteiger partial charge < -0.3 is 4.74 Å². The van der Waals surface area contributed by atoms with Crippen molar-refractivity contribution in [1.29, 1.82) is 0 Å². The molecular formula is C18H18O2. The summed E-state index contributed by atoms with van der Waals surface area (Å²) in [5.74, 6) is -0.304. The van der Waals surface area contributed by atoms with E-state index >= 15 is 0 Å². The highest BCUT2D eigenvalue weighted by Gasteiger charge is 1.98. The van der Waals surface area contributed by atoms with Crippen LogP contribution in [0.4, 0.5) is 0 Å². The zero-order chi connectivity index (χ0) is 14.2. The minimum absolute atomic E-state index is 0.304. The Kier molecular flexibility index (Phi) is 5.13. The SMILES string of the molecule is Cc1ccc(/C=C/C(=O)OCCc2ccccc2)cc1. The van der Waals surface area contributed by atoms with Crippen LogP contribution in [0.25, 0.3) is 6.08 Å². The Bertz CT molecular complexity index is 568. The smallest absolute Gasteiger partial charge is 0.330 e. The monoisotopic (exact) mass is 266 g/mol. The van der Waals surface area contributed by atoms with Crippen molar-refractivity contribution in [3.05, 3.63) is 77.4 Å². The normalized spacial score (nSPS) is 10.7. The van der Waals surface area contributed by atoms with Gasteiger partial charge in [-0.05, 0) is 24.1 Å². The molecule has 0 atom stereocenters. The first-order valence-electron chi connectivity index (χ1n) is 6.69. The summed E-state index contributed by atoms with van der Waals surface area (Å²) in [4.78, 5) is 11.6. The summed E-state index contributed by atoms with van der Waals surface area (Å²) >= 11 is 0. The molecule has 0 radical (unpaired) electrons. The van der Waals surface area contributed by atoms with Gasteiger partial charge in [-0.3, -0.25) is 0 Å².